The lowest BCUT2D eigenvalue weighted by molar-refractivity contribution is 0.204. The zero-order chi connectivity index (χ0) is 15.5. The summed E-state index contributed by atoms with van der Waals surface area (Å²) in [7, 11) is 0.631. The van der Waals surface area contributed by atoms with Crippen LogP contribution in [0.1, 0.15) is 19.8 Å². The van der Waals surface area contributed by atoms with Crippen LogP contribution in [-0.2, 0) is 10.0 Å². The molecule has 0 saturated carbocycles. The van der Waals surface area contributed by atoms with E-state index < -0.39 is 10.0 Å². The molecule has 7 nitrogen and oxygen atoms in total. The zero-order valence-corrected chi connectivity index (χ0v) is 13.5. The summed E-state index contributed by atoms with van der Waals surface area (Å²) < 4.78 is 31.2. The molecule has 1 atom stereocenters. The van der Waals surface area contributed by atoms with Gasteiger partial charge in [-0.3, -0.25) is 0 Å². The molecule has 2 heterocycles. The van der Waals surface area contributed by atoms with E-state index in [4.69, 9.17) is 4.74 Å². The van der Waals surface area contributed by atoms with Crippen molar-refractivity contribution in [2.24, 2.45) is 0 Å². The Morgan fingerprint density at radius 2 is 2.14 bits per heavy atom. The molecule has 0 aliphatic carbocycles. The van der Waals surface area contributed by atoms with Crippen LogP contribution in [0.2, 0.25) is 0 Å². The van der Waals surface area contributed by atoms with Gasteiger partial charge in [-0.25, -0.2) is 8.42 Å². The summed E-state index contributed by atoms with van der Waals surface area (Å²) in [5.74, 6) is 1.37. The fourth-order valence-corrected chi connectivity index (χ4v) is 3.77. The molecule has 1 aliphatic heterocycles. The molecule has 118 valence electrons. The van der Waals surface area contributed by atoms with Gasteiger partial charge in [0.05, 0.1) is 12.3 Å². The van der Waals surface area contributed by atoms with Crippen LogP contribution in [0.4, 0.5) is 5.82 Å². The topological polar surface area (TPSA) is 75.6 Å². The molecule has 0 amide bonds. The fourth-order valence-electron chi connectivity index (χ4n) is 2.22. The Morgan fingerprint density at radius 3 is 2.71 bits per heavy atom. The first kappa shape index (κ1) is 16.0. The third kappa shape index (κ3) is 4.04. The minimum atomic E-state index is -3.14. The van der Waals surface area contributed by atoms with Gasteiger partial charge < -0.3 is 9.64 Å². The van der Waals surface area contributed by atoms with Gasteiger partial charge in [-0.1, -0.05) is 6.92 Å². The zero-order valence-electron chi connectivity index (χ0n) is 12.7. The summed E-state index contributed by atoms with van der Waals surface area (Å²) in [5.41, 5.74) is 0. The smallest absolute Gasteiger partial charge is 0.233 e. The number of anilines is 1. The molecular weight excluding hydrogens is 292 g/mol. The average molecular weight is 314 g/mol. The molecule has 1 fully saturated rings. The predicted octanol–water partition coefficient (Wildman–Crippen LogP) is 0.736. The molecule has 0 aromatic carbocycles. The van der Waals surface area contributed by atoms with Gasteiger partial charge in [0, 0.05) is 26.7 Å². The average Bonchev–Trinajstić information content (AvgIpc) is 2.88. The first-order valence-electron chi connectivity index (χ1n) is 7.08. The van der Waals surface area contributed by atoms with Crippen molar-refractivity contribution >= 4 is 15.8 Å². The van der Waals surface area contributed by atoms with E-state index in [0.29, 0.717) is 31.8 Å². The van der Waals surface area contributed by atoms with Crippen LogP contribution in [0.3, 0.4) is 0 Å². The van der Waals surface area contributed by atoms with Crippen molar-refractivity contribution in [3.63, 3.8) is 0 Å². The highest BCUT2D eigenvalue weighted by atomic mass is 32.2. The first-order valence-corrected chi connectivity index (χ1v) is 8.69. The minimum Gasteiger partial charge on any atom is -0.472 e. The lowest BCUT2D eigenvalue weighted by atomic mass is 10.3. The second kappa shape index (κ2) is 6.57. The van der Waals surface area contributed by atoms with E-state index in [9.17, 15) is 8.42 Å². The van der Waals surface area contributed by atoms with Gasteiger partial charge in [0.1, 0.15) is 6.10 Å². The molecule has 1 saturated heterocycles. The van der Waals surface area contributed by atoms with Gasteiger partial charge >= 0.3 is 0 Å². The van der Waals surface area contributed by atoms with Gasteiger partial charge in [0.25, 0.3) is 0 Å². The maximum atomic E-state index is 12.0. The van der Waals surface area contributed by atoms with Crippen molar-refractivity contribution in [3.05, 3.63) is 12.1 Å². The molecule has 0 radical (unpaired) electrons. The highest BCUT2D eigenvalue weighted by molar-refractivity contribution is 7.89. The van der Waals surface area contributed by atoms with E-state index >= 15 is 0 Å². The summed E-state index contributed by atoms with van der Waals surface area (Å²) >= 11 is 0. The molecule has 1 unspecified atom stereocenters. The highest BCUT2D eigenvalue weighted by Gasteiger charge is 2.32. The van der Waals surface area contributed by atoms with E-state index in [1.54, 1.807) is 6.07 Å². The predicted molar refractivity (Wildman–Crippen MR) is 81.0 cm³/mol. The molecule has 1 aromatic heterocycles. The van der Waals surface area contributed by atoms with Gasteiger partial charge in [-0.05, 0) is 18.9 Å². The Balaban J connectivity index is 1.93. The number of aromatic nitrogens is 2. The number of hydrogen-bond acceptors (Lipinski definition) is 6. The Hall–Kier alpha value is -1.41. The Labute approximate surface area is 126 Å². The molecule has 2 rings (SSSR count). The Kier molecular flexibility index (Phi) is 5.00. The molecule has 8 heteroatoms. The lowest BCUT2D eigenvalue weighted by Crippen LogP contribution is -2.32. The SMILES string of the molecule is CCCS(=O)(=O)N1CCC(Oc2ccc(N(C)C)nn2)C1. The molecule has 0 bridgehead atoms. The van der Waals surface area contributed by atoms with Crippen LogP contribution in [-0.4, -0.2) is 62.0 Å². The van der Waals surface area contributed by atoms with E-state index in [2.05, 4.69) is 10.2 Å². The van der Waals surface area contributed by atoms with Gasteiger partial charge in [-0.2, -0.15) is 4.31 Å². The normalized spacial score (nSPS) is 19.7. The van der Waals surface area contributed by atoms with Gasteiger partial charge in [0.15, 0.2) is 5.82 Å². The third-order valence-electron chi connectivity index (χ3n) is 3.33. The highest BCUT2D eigenvalue weighted by Crippen LogP contribution is 2.20. The molecule has 21 heavy (non-hydrogen) atoms. The van der Waals surface area contributed by atoms with Gasteiger partial charge in [0.2, 0.25) is 15.9 Å². The summed E-state index contributed by atoms with van der Waals surface area (Å²) in [6.45, 7) is 2.76. The first-order chi connectivity index (χ1) is 9.92. The molecule has 0 spiro atoms. The fraction of sp³-hybridized carbons (Fsp3) is 0.692. The van der Waals surface area contributed by atoms with Crippen molar-refractivity contribution < 1.29 is 13.2 Å². The summed E-state index contributed by atoms with van der Waals surface area (Å²) in [4.78, 5) is 1.85. The van der Waals surface area contributed by atoms with E-state index in [-0.39, 0.29) is 11.9 Å². The van der Waals surface area contributed by atoms with Crippen molar-refractivity contribution in [3.8, 4) is 5.88 Å². The Morgan fingerprint density at radius 1 is 1.38 bits per heavy atom. The molecular formula is C13H22N4O3S. The minimum absolute atomic E-state index is 0.156. The van der Waals surface area contributed by atoms with Crippen molar-refractivity contribution in [1.82, 2.24) is 14.5 Å². The number of sulfonamides is 1. The molecule has 1 aliphatic rings. The number of nitrogens with zero attached hydrogens (tertiary/aromatic N) is 4. The Bertz CT molecular complexity index is 559. The van der Waals surface area contributed by atoms with Crippen LogP contribution >= 0.6 is 0 Å². The number of rotatable bonds is 6. The second-order valence-electron chi connectivity index (χ2n) is 5.33. The van der Waals surface area contributed by atoms with Crippen molar-refractivity contribution in [2.45, 2.75) is 25.9 Å². The van der Waals surface area contributed by atoms with Crippen LogP contribution in [0.25, 0.3) is 0 Å². The largest absolute Gasteiger partial charge is 0.472 e. The summed E-state index contributed by atoms with van der Waals surface area (Å²) in [6.07, 6.45) is 1.15. The second-order valence-corrected chi connectivity index (χ2v) is 7.42. The summed E-state index contributed by atoms with van der Waals surface area (Å²) in [6, 6.07) is 3.58. The van der Waals surface area contributed by atoms with Crippen LogP contribution in [0, 0.1) is 0 Å². The maximum absolute atomic E-state index is 12.0. The van der Waals surface area contributed by atoms with E-state index in [1.165, 1.54) is 4.31 Å². The third-order valence-corrected chi connectivity index (χ3v) is 5.38. The maximum Gasteiger partial charge on any atom is 0.233 e. The monoisotopic (exact) mass is 314 g/mol. The number of ether oxygens (including phenoxy) is 1. The standard InChI is InChI=1S/C13H22N4O3S/c1-4-9-21(18,19)17-8-7-11(10-17)20-13-6-5-12(14-15-13)16(2)3/h5-6,11H,4,7-10H2,1-3H3. The van der Waals surface area contributed by atoms with E-state index in [1.807, 2.05) is 32.0 Å². The number of hydrogen-bond donors (Lipinski definition) is 0. The van der Waals surface area contributed by atoms with Crippen molar-refractivity contribution in [1.29, 1.82) is 0 Å². The van der Waals surface area contributed by atoms with Crippen LogP contribution < -0.4 is 9.64 Å². The molecule has 0 N–H and O–H groups in total. The van der Waals surface area contributed by atoms with Crippen LogP contribution in [0.5, 0.6) is 5.88 Å². The van der Waals surface area contributed by atoms with Crippen LogP contribution in [0.15, 0.2) is 12.1 Å². The molecule has 1 aromatic rings. The quantitative estimate of drug-likeness (QED) is 0.771. The van der Waals surface area contributed by atoms with Crippen molar-refractivity contribution in [2.75, 3.05) is 37.8 Å². The van der Waals surface area contributed by atoms with Gasteiger partial charge in [-0.15, -0.1) is 10.2 Å². The lowest BCUT2D eigenvalue weighted by Gasteiger charge is -2.16. The van der Waals surface area contributed by atoms with E-state index in [0.717, 1.165) is 5.82 Å². The summed E-state index contributed by atoms with van der Waals surface area (Å²) in [5, 5.41) is 8.04.